The van der Waals surface area contributed by atoms with E-state index in [9.17, 15) is 4.79 Å². The minimum atomic E-state index is 0.131. The first-order chi connectivity index (χ1) is 9.25. The number of rotatable bonds is 2. The molecule has 1 aromatic heterocycles. The Morgan fingerprint density at radius 1 is 1.26 bits per heavy atom. The normalized spacial score (nSPS) is 16.7. The third-order valence-corrected chi connectivity index (χ3v) is 3.85. The van der Waals surface area contributed by atoms with E-state index in [1.807, 2.05) is 24.3 Å². The third kappa shape index (κ3) is 2.35. The Morgan fingerprint density at radius 2 is 2.00 bits per heavy atom. The fourth-order valence-corrected chi connectivity index (χ4v) is 2.72. The van der Waals surface area contributed by atoms with Crippen molar-refractivity contribution in [2.75, 3.05) is 11.9 Å². The van der Waals surface area contributed by atoms with Crippen LogP contribution in [0.1, 0.15) is 32.1 Å². The molecule has 3 rings (SSSR count). The van der Waals surface area contributed by atoms with Crippen molar-refractivity contribution in [1.29, 1.82) is 0 Å². The monoisotopic (exact) mass is 258 g/mol. The molecule has 1 aliphatic carbocycles. The fourth-order valence-electron chi connectivity index (χ4n) is 2.72. The zero-order valence-electron chi connectivity index (χ0n) is 11.1. The quantitative estimate of drug-likeness (QED) is 0.829. The van der Waals surface area contributed by atoms with Gasteiger partial charge in [0.05, 0.1) is 0 Å². The van der Waals surface area contributed by atoms with Gasteiger partial charge in [0, 0.05) is 13.0 Å². The van der Waals surface area contributed by atoms with Gasteiger partial charge in [-0.25, -0.2) is 0 Å². The van der Waals surface area contributed by atoms with Gasteiger partial charge in [-0.3, -0.25) is 9.69 Å². The van der Waals surface area contributed by atoms with Gasteiger partial charge in [-0.15, -0.1) is 0 Å². The predicted molar refractivity (Wildman–Crippen MR) is 74.0 cm³/mol. The van der Waals surface area contributed by atoms with Crippen molar-refractivity contribution in [3.05, 3.63) is 24.3 Å². The molecule has 0 saturated heterocycles. The molecule has 1 aromatic carbocycles. The summed E-state index contributed by atoms with van der Waals surface area (Å²) in [6.07, 6.45) is 5.53. The number of aromatic nitrogens is 1. The van der Waals surface area contributed by atoms with Gasteiger partial charge < -0.3 is 4.42 Å². The molecule has 19 heavy (non-hydrogen) atoms. The lowest BCUT2D eigenvalue weighted by Crippen LogP contribution is -2.34. The molecule has 1 aliphatic rings. The number of carbonyl (C=O) groups excluding carboxylic acids is 1. The predicted octanol–water partition coefficient (Wildman–Crippen LogP) is 3.37. The molecule has 100 valence electrons. The van der Waals surface area contributed by atoms with Gasteiger partial charge in [-0.2, -0.15) is 4.98 Å². The standard InChI is InChI=1S/C15H18N2O2/c1-17(14(18)11-7-3-2-4-8-11)15-16-12-9-5-6-10-13(12)19-15/h5-6,9-11H,2-4,7-8H2,1H3. The van der Waals surface area contributed by atoms with Gasteiger partial charge in [0.25, 0.3) is 0 Å². The van der Waals surface area contributed by atoms with Gasteiger partial charge in [0.1, 0.15) is 5.52 Å². The summed E-state index contributed by atoms with van der Waals surface area (Å²) in [6.45, 7) is 0. The van der Waals surface area contributed by atoms with Crippen LogP contribution in [0.5, 0.6) is 0 Å². The SMILES string of the molecule is CN(C(=O)C1CCCCC1)c1nc2ccccc2o1. The number of oxazole rings is 1. The number of nitrogens with zero attached hydrogens (tertiary/aromatic N) is 2. The molecule has 4 nitrogen and oxygen atoms in total. The van der Waals surface area contributed by atoms with Crippen molar-refractivity contribution in [1.82, 2.24) is 4.98 Å². The molecule has 0 atom stereocenters. The van der Waals surface area contributed by atoms with E-state index >= 15 is 0 Å². The summed E-state index contributed by atoms with van der Waals surface area (Å²) < 4.78 is 5.64. The highest BCUT2D eigenvalue weighted by atomic mass is 16.4. The summed E-state index contributed by atoms with van der Waals surface area (Å²) in [5, 5.41) is 0. The lowest BCUT2D eigenvalue weighted by atomic mass is 9.88. The van der Waals surface area contributed by atoms with Crippen molar-refractivity contribution < 1.29 is 9.21 Å². The molecule has 0 aliphatic heterocycles. The highest BCUT2D eigenvalue weighted by Gasteiger charge is 2.26. The Kier molecular flexibility index (Phi) is 3.23. The number of fused-ring (bicyclic) bond motifs is 1. The summed E-state index contributed by atoms with van der Waals surface area (Å²) in [7, 11) is 1.75. The molecule has 0 spiro atoms. The maximum absolute atomic E-state index is 12.4. The Bertz CT molecular complexity index is 552. The average Bonchev–Trinajstić information content (AvgIpc) is 2.90. The topological polar surface area (TPSA) is 46.3 Å². The van der Waals surface area contributed by atoms with Gasteiger partial charge >= 0.3 is 6.01 Å². The van der Waals surface area contributed by atoms with Crippen LogP contribution in [0.2, 0.25) is 0 Å². The number of amides is 1. The second-order valence-electron chi connectivity index (χ2n) is 5.20. The average molecular weight is 258 g/mol. The van der Waals surface area contributed by atoms with Crippen molar-refractivity contribution in [3.8, 4) is 0 Å². The van der Waals surface area contributed by atoms with Crippen LogP contribution in [0, 0.1) is 5.92 Å². The van der Waals surface area contributed by atoms with Crippen LogP contribution in [0.15, 0.2) is 28.7 Å². The minimum Gasteiger partial charge on any atom is -0.423 e. The van der Waals surface area contributed by atoms with Crippen LogP contribution in [0.3, 0.4) is 0 Å². The second kappa shape index (κ2) is 5.03. The van der Waals surface area contributed by atoms with Gasteiger partial charge in [-0.1, -0.05) is 31.4 Å². The summed E-state index contributed by atoms with van der Waals surface area (Å²) in [6, 6.07) is 7.97. The van der Waals surface area contributed by atoms with Crippen LogP contribution in [-0.4, -0.2) is 17.9 Å². The first kappa shape index (κ1) is 12.2. The Balaban J connectivity index is 1.82. The maximum atomic E-state index is 12.4. The first-order valence-electron chi connectivity index (χ1n) is 6.89. The Labute approximate surface area is 112 Å². The van der Waals surface area contributed by atoms with E-state index in [2.05, 4.69) is 4.98 Å². The second-order valence-corrected chi connectivity index (χ2v) is 5.20. The zero-order chi connectivity index (χ0) is 13.2. The van der Waals surface area contributed by atoms with E-state index in [1.54, 1.807) is 11.9 Å². The Morgan fingerprint density at radius 3 is 2.74 bits per heavy atom. The van der Waals surface area contributed by atoms with Crippen LogP contribution in [0.4, 0.5) is 6.01 Å². The van der Waals surface area contributed by atoms with Crippen LogP contribution in [0.25, 0.3) is 11.1 Å². The molecule has 1 fully saturated rings. The van der Waals surface area contributed by atoms with Crippen LogP contribution >= 0.6 is 0 Å². The summed E-state index contributed by atoms with van der Waals surface area (Å²) in [5.74, 6) is 0.264. The highest BCUT2D eigenvalue weighted by molar-refractivity contribution is 5.93. The summed E-state index contributed by atoms with van der Waals surface area (Å²) >= 11 is 0. The van der Waals surface area contributed by atoms with Crippen LogP contribution < -0.4 is 4.90 Å². The largest absolute Gasteiger partial charge is 0.423 e. The van der Waals surface area contributed by atoms with Crippen molar-refractivity contribution in [2.24, 2.45) is 5.92 Å². The fraction of sp³-hybridized carbons (Fsp3) is 0.467. The highest BCUT2D eigenvalue weighted by Crippen LogP contribution is 2.28. The Hall–Kier alpha value is -1.84. The van der Waals surface area contributed by atoms with Crippen molar-refractivity contribution >= 4 is 23.0 Å². The van der Waals surface area contributed by atoms with E-state index in [-0.39, 0.29) is 11.8 Å². The number of carbonyl (C=O) groups is 1. The smallest absolute Gasteiger partial charge is 0.304 e. The first-order valence-corrected chi connectivity index (χ1v) is 6.89. The van der Waals surface area contributed by atoms with Gasteiger partial charge in [0.15, 0.2) is 5.58 Å². The molecular formula is C15H18N2O2. The number of hydrogen-bond donors (Lipinski definition) is 0. The molecule has 2 aromatic rings. The van der Waals surface area contributed by atoms with Crippen molar-refractivity contribution in [3.63, 3.8) is 0 Å². The minimum absolute atomic E-state index is 0.131. The van der Waals surface area contributed by atoms with E-state index in [0.717, 1.165) is 36.8 Å². The lowest BCUT2D eigenvalue weighted by molar-refractivity contribution is -0.123. The molecule has 4 heteroatoms. The number of hydrogen-bond acceptors (Lipinski definition) is 3. The summed E-state index contributed by atoms with van der Waals surface area (Å²) in [4.78, 5) is 18.3. The van der Waals surface area contributed by atoms with E-state index in [4.69, 9.17) is 4.42 Å². The van der Waals surface area contributed by atoms with Gasteiger partial charge in [0.2, 0.25) is 5.91 Å². The molecular weight excluding hydrogens is 240 g/mol. The number of anilines is 1. The third-order valence-electron chi connectivity index (χ3n) is 3.85. The molecule has 1 saturated carbocycles. The molecule has 0 radical (unpaired) electrons. The number of para-hydroxylation sites is 2. The molecule has 1 amide bonds. The maximum Gasteiger partial charge on any atom is 0.304 e. The molecule has 0 N–H and O–H groups in total. The van der Waals surface area contributed by atoms with Crippen molar-refractivity contribution in [2.45, 2.75) is 32.1 Å². The summed E-state index contributed by atoms with van der Waals surface area (Å²) in [5.41, 5.74) is 1.52. The zero-order valence-corrected chi connectivity index (χ0v) is 11.1. The molecule has 1 heterocycles. The van der Waals surface area contributed by atoms with Gasteiger partial charge in [-0.05, 0) is 25.0 Å². The number of benzene rings is 1. The van der Waals surface area contributed by atoms with E-state index in [1.165, 1.54) is 6.42 Å². The lowest BCUT2D eigenvalue weighted by Gasteiger charge is -2.24. The van der Waals surface area contributed by atoms with E-state index < -0.39 is 0 Å². The molecule has 0 bridgehead atoms. The van der Waals surface area contributed by atoms with E-state index in [0.29, 0.717) is 6.01 Å². The molecule has 0 unspecified atom stereocenters. The van der Waals surface area contributed by atoms with Crippen LogP contribution in [-0.2, 0) is 4.79 Å².